The molecule has 0 aromatic carbocycles. The summed E-state index contributed by atoms with van der Waals surface area (Å²) in [6.45, 7) is 4.21. The summed E-state index contributed by atoms with van der Waals surface area (Å²) in [5.74, 6) is -1.38. The van der Waals surface area contributed by atoms with Crippen molar-refractivity contribution in [2.75, 3.05) is 0 Å². The second-order valence-electron chi connectivity index (χ2n) is 4.32. The van der Waals surface area contributed by atoms with Crippen molar-refractivity contribution in [1.82, 2.24) is 0 Å². The number of allylic oxidation sites excluding steroid dienone is 1. The zero-order chi connectivity index (χ0) is 10.7. The lowest BCUT2D eigenvalue weighted by Crippen LogP contribution is -2.16. The van der Waals surface area contributed by atoms with Crippen LogP contribution in [0.15, 0.2) is 11.4 Å². The first kappa shape index (κ1) is 11.2. The number of hydrogen-bond donors (Lipinski definition) is 1. The lowest BCUT2D eigenvalue weighted by atomic mass is 9.79. The van der Waals surface area contributed by atoms with Gasteiger partial charge in [0.25, 0.3) is 0 Å². The normalized spacial score (nSPS) is 26.4. The molecule has 0 spiro atoms. The number of carbonyl (C=O) groups is 1. The van der Waals surface area contributed by atoms with E-state index in [0.29, 0.717) is 30.3 Å². The summed E-state index contributed by atoms with van der Waals surface area (Å²) in [6.07, 6.45) is 3.24. The van der Waals surface area contributed by atoms with Crippen LogP contribution in [0.3, 0.4) is 0 Å². The first-order chi connectivity index (χ1) is 6.52. The number of aliphatic carboxylic acids is 1. The summed E-state index contributed by atoms with van der Waals surface area (Å²) < 4.78 is 13.1. The van der Waals surface area contributed by atoms with E-state index in [1.165, 1.54) is 0 Å². The van der Waals surface area contributed by atoms with E-state index in [4.69, 9.17) is 5.11 Å². The van der Waals surface area contributed by atoms with Gasteiger partial charge >= 0.3 is 5.97 Å². The molecule has 2 nitrogen and oxygen atoms in total. The summed E-state index contributed by atoms with van der Waals surface area (Å²) in [7, 11) is 0. The van der Waals surface area contributed by atoms with Crippen molar-refractivity contribution in [1.29, 1.82) is 0 Å². The summed E-state index contributed by atoms with van der Waals surface area (Å²) in [4.78, 5) is 10.4. The first-order valence-electron chi connectivity index (χ1n) is 5.13. The molecular weight excluding hydrogens is 183 g/mol. The molecule has 1 fully saturated rings. The Balaban J connectivity index is 2.73. The Morgan fingerprint density at radius 3 is 2.71 bits per heavy atom. The van der Waals surface area contributed by atoms with Crippen LogP contribution in [0.2, 0.25) is 0 Å². The van der Waals surface area contributed by atoms with Crippen LogP contribution in [-0.4, -0.2) is 11.1 Å². The van der Waals surface area contributed by atoms with Gasteiger partial charge in [0.15, 0.2) is 0 Å². The number of carboxylic acid groups (broad SMARTS) is 1. The Kier molecular flexibility index (Phi) is 3.67. The topological polar surface area (TPSA) is 37.3 Å². The maximum absolute atomic E-state index is 13.1. The van der Waals surface area contributed by atoms with Crippen LogP contribution in [0.25, 0.3) is 0 Å². The van der Waals surface area contributed by atoms with Crippen LogP contribution < -0.4 is 0 Å². The minimum absolute atomic E-state index is 0.448. The Morgan fingerprint density at radius 2 is 2.21 bits per heavy atom. The van der Waals surface area contributed by atoms with Crippen molar-refractivity contribution in [2.24, 2.45) is 11.8 Å². The molecule has 0 amide bonds. The summed E-state index contributed by atoms with van der Waals surface area (Å²) >= 11 is 0. The smallest absolute Gasteiger partial charge is 0.364 e. The monoisotopic (exact) mass is 200 g/mol. The Bertz CT molecular complexity index is 256. The van der Waals surface area contributed by atoms with Gasteiger partial charge in [-0.3, -0.25) is 0 Å². The summed E-state index contributed by atoms with van der Waals surface area (Å²) in [5, 5.41) is 8.53. The minimum Gasteiger partial charge on any atom is -0.476 e. The van der Waals surface area contributed by atoms with E-state index in [1.54, 1.807) is 0 Å². The Morgan fingerprint density at radius 1 is 1.57 bits per heavy atom. The molecule has 0 bridgehead atoms. The molecule has 3 heteroatoms. The molecular formula is C11H17FO2. The average Bonchev–Trinajstić information content (AvgIpc) is 2.16. The standard InChI is InChI=1S/C11H17FO2/c1-7(2)8-4-3-5-9(6-8)10(12)11(13)14/h7-8H,3-6H2,1-2H3,(H,13,14). The molecule has 14 heavy (non-hydrogen) atoms. The molecule has 1 unspecified atom stereocenters. The Hall–Kier alpha value is -0.860. The van der Waals surface area contributed by atoms with Crippen molar-refractivity contribution in [2.45, 2.75) is 39.5 Å². The molecule has 0 aromatic rings. The second-order valence-corrected chi connectivity index (χ2v) is 4.32. The number of halogens is 1. The quantitative estimate of drug-likeness (QED) is 0.695. The predicted molar refractivity (Wildman–Crippen MR) is 52.6 cm³/mol. The van der Waals surface area contributed by atoms with Crippen molar-refractivity contribution in [3.63, 3.8) is 0 Å². The molecule has 0 radical (unpaired) electrons. The third kappa shape index (κ3) is 2.56. The third-order valence-corrected chi connectivity index (χ3v) is 3.00. The van der Waals surface area contributed by atoms with Gasteiger partial charge in [0.2, 0.25) is 5.83 Å². The van der Waals surface area contributed by atoms with E-state index in [0.717, 1.165) is 12.8 Å². The molecule has 1 N–H and O–H groups in total. The van der Waals surface area contributed by atoms with Gasteiger partial charge in [0.1, 0.15) is 0 Å². The molecule has 1 atom stereocenters. The van der Waals surface area contributed by atoms with Gasteiger partial charge in [-0.1, -0.05) is 13.8 Å². The molecule has 1 aliphatic carbocycles. The zero-order valence-corrected chi connectivity index (χ0v) is 8.72. The van der Waals surface area contributed by atoms with E-state index >= 15 is 0 Å². The number of carboxylic acids is 1. The van der Waals surface area contributed by atoms with Gasteiger partial charge in [-0.05, 0) is 43.1 Å². The van der Waals surface area contributed by atoms with Gasteiger partial charge < -0.3 is 5.11 Å². The highest BCUT2D eigenvalue weighted by Crippen LogP contribution is 2.34. The van der Waals surface area contributed by atoms with Gasteiger partial charge in [-0.2, -0.15) is 4.39 Å². The van der Waals surface area contributed by atoms with Gasteiger partial charge in [0.05, 0.1) is 0 Å². The maximum atomic E-state index is 13.1. The first-order valence-corrected chi connectivity index (χ1v) is 5.13. The molecule has 0 aliphatic heterocycles. The predicted octanol–water partition coefficient (Wildman–Crippen LogP) is 3.14. The van der Waals surface area contributed by atoms with Crippen LogP contribution in [0.5, 0.6) is 0 Å². The summed E-state index contributed by atoms with van der Waals surface area (Å²) in [6, 6.07) is 0. The average molecular weight is 200 g/mol. The number of rotatable bonds is 2. The zero-order valence-electron chi connectivity index (χ0n) is 8.72. The van der Waals surface area contributed by atoms with Crippen molar-refractivity contribution in [3.05, 3.63) is 11.4 Å². The van der Waals surface area contributed by atoms with Crippen molar-refractivity contribution in [3.8, 4) is 0 Å². The molecule has 0 saturated heterocycles. The van der Waals surface area contributed by atoms with Crippen LogP contribution in [0, 0.1) is 11.8 Å². The molecule has 0 aromatic heterocycles. The van der Waals surface area contributed by atoms with E-state index in [1.807, 2.05) is 0 Å². The fourth-order valence-corrected chi connectivity index (χ4v) is 2.02. The lowest BCUT2D eigenvalue weighted by molar-refractivity contribution is -0.134. The molecule has 1 rings (SSSR count). The highest BCUT2D eigenvalue weighted by Gasteiger charge is 2.24. The minimum atomic E-state index is -1.41. The molecule has 80 valence electrons. The van der Waals surface area contributed by atoms with Crippen molar-refractivity contribution >= 4 is 5.97 Å². The third-order valence-electron chi connectivity index (χ3n) is 3.00. The molecule has 1 saturated carbocycles. The highest BCUT2D eigenvalue weighted by molar-refractivity contribution is 5.84. The van der Waals surface area contributed by atoms with E-state index in [9.17, 15) is 9.18 Å². The SMILES string of the molecule is CC(C)C1CCCC(=C(F)C(=O)O)C1. The van der Waals surface area contributed by atoms with Gasteiger partial charge in [-0.25, -0.2) is 4.79 Å². The van der Waals surface area contributed by atoms with Crippen molar-refractivity contribution < 1.29 is 14.3 Å². The van der Waals surface area contributed by atoms with Crippen LogP contribution >= 0.6 is 0 Å². The van der Waals surface area contributed by atoms with Crippen LogP contribution in [-0.2, 0) is 4.79 Å². The summed E-state index contributed by atoms with van der Waals surface area (Å²) in [5.41, 5.74) is 0.502. The second kappa shape index (κ2) is 4.58. The van der Waals surface area contributed by atoms with E-state index < -0.39 is 11.8 Å². The lowest BCUT2D eigenvalue weighted by Gasteiger charge is -2.27. The van der Waals surface area contributed by atoms with Crippen LogP contribution in [0.4, 0.5) is 4.39 Å². The molecule has 0 heterocycles. The molecule has 1 aliphatic rings. The maximum Gasteiger partial charge on any atom is 0.364 e. The highest BCUT2D eigenvalue weighted by atomic mass is 19.1. The van der Waals surface area contributed by atoms with E-state index in [2.05, 4.69) is 13.8 Å². The fraction of sp³-hybridized carbons (Fsp3) is 0.727. The largest absolute Gasteiger partial charge is 0.476 e. The van der Waals surface area contributed by atoms with Gasteiger partial charge in [-0.15, -0.1) is 0 Å². The Labute approximate surface area is 83.8 Å². The van der Waals surface area contributed by atoms with Crippen LogP contribution in [0.1, 0.15) is 39.5 Å². The van der Waals surface area contributed by atoms with Gasteiger partial charge in [0, 0.05) is 0 Å². The fourth-order valence-electron chi connectivity index (χ4n) is 2.02. The number of hydrogen-bond acceptors (Lipinski definition) is 1. The van der Waals surface area contributed by atoms with E-state index in [-0.39, 0.29) is 0 Å².